The summed E-state index contributed by atoms with van der Waals surface area (Å²) in [6, 6.07) is 9.65. The lowest BCUT2D eigenvalue weighted by atomic mass is 9.63. The van der Waals surface area contributed by atoms with Crippen LogP contribution in [-0.4, -0.2) is 10.9 Å². The fourth-order valence-corrected chi connectivity index (χ4v) is 10.2. The summed E-state index contributed by atoms with van der Waals surface area (Å²) in [5, 5.41) is 0. The van der Waals surface area contributed by atoms with Crippen LogP contribution in [0.2, 0.25) is 0 Å². The monoisotopic (exact) mass is 603 g/mol. The molecule has 238 valence electrons. The first-order chi connectivity index (χ1) is 20.2. The molecule has 43 heavy (non-hydrogen) atoms. The first kappa shape index (κ1) is 34.1. The van der Waals surface area contributed by atoms with Gasteiger partial charge in [-0.2, -0.15) is 0 Å². The molecule has 0 bridgehead atoms. The molecule has 1 aliphatic heterocycles. The van der Waals surface area contributed by atoms with E-state index in [-0.39, 0.29) is 16.3 Å². The van der Waals surface area contributed by atoms with Crippen molar-refractivity contribution in [3.05, 3.63) is 75.5 Å². The van der Waals surface area contributed by atoms with E-state index in [4.69, 9.17) is 11.6 Å². The lowest BCUT2D eigenvalue weighted by Crippen LogP contribution is -2.59. The fraction of sp³-hybridized carbons (Fsp3) is 0.659. The van der Waals surface area contributed by atoms with Crippen LogP contribution in [0.4, 0.5) is 5.69 Å². The zero-order valence-electron chi connectivity index (χ0n) is 29.5. The van der Waals surface area contributed by atoms with Crippen LogP contribution in [-0.2, 0) is 5.41 Å². The molecule has 2 aromatic carbocycles. The van der Waals surface area contributed by atoms with Crippen molar-refractivity contribution >= 4 is 17.3 Å². The summed E-state index contributed by atoms with van der Waals surface area (Å²) >= 11 is 8.58. The number of alkyl halides is 1. The first-order valence-electron chi connectivity index (χ1n) is 17.6. The highest BCUT2D eigenvalue weighted by atomic mass is 35.5. The van der Waals surface area contributed by atoms with Gasteiger partial charge in [-0.15, -0.1) is 11.6 Å². The molecule has 1 fully saturated rings. The third kappa shape index (κ3) is 6.93. The standard InChI is InChI=1S/C41H62ClN/c1-12-13-14-15-18-41(42,36-25-28(4)16-17-35(26-36)27(2)3)39-40(11,37-31(7)21-29(5)22-32(37)8)19-20-43(39)38-33(9)23-30(6)24-34(38)10/h19-24,27-28,35-36,39H,12-18,25-26H2,1-11H3. The van der Waals surface area contributed by atoms with Crippen LogP contribution >= 0.6 is 11.6 Å². The van der Waals surface area contributed by atoms with E-state index in [9.17, 15) is 0 Å². The Bertz CT molecular complexity index is 1240. The molecule has 1 saturated carbocycles. The molecular formula is C41H62ClN. The molecule has 1 heterocycles. The van der Waals surface area contributed by atoms with Gasteiger partial charge < -0.3 is 4.90 Å². The van der Waals surface area contributed by atoms with Crippen molar-refractivity contribution < 1.29 is 0 Å². The number of aryl methyl sites for hydroxylation is 6. The van der Waals surface area contributed by atoms with E-state index in [2.05, 4.69) is 118 Å². The number of nitrogens with zero attached hydrogens (tertiary/aromatic N) is 1. The van der Waals surface area contributed by atoms with E-state index in [0.717, 1.165) is 12.3 Å². The normalized spacial score (nSPS) is 27.5. The van der Waals surface area contributed by atoms with Crippen LogP contribution in [0.1, 0.15) is 131 Å². The van der Waals surface area contributed by atoms with Gasteiger partial charge in [0.05, 0.1) is 10.9 Å². The van der Waals surface area contributed by atoms with E-state index in [0.29, 0.717) is 17.8 Å². The Hall–Kier alpha value is -1.73. The highest BCUT2D eigenvalue weighted by Crippen LogP contribution is 2.56. The molecule has 0 spiro atoms. The van der Waals surface area contributed by atoms with Crippen LogP contribution in [0.3, 0.4) is 0 Å². The summed E-state index contributed by atoms with van der Waals surface area (Å²) in [5.74, 6) is 2.62. The minimum Gasteiger partial charge on any atom is -0.342 e. The molecule has 0 saturated heterocycles. The second kappa shape index (κ2) is 13.7. The summed E-state index contributed by atoms with van der Waals surface area (Å²) in [6.45, 7) is 25.9. The Labute approximate surface area is 270 Å². The maximum absolute atomic E-state index is 8.58. The smallest absolute Gasteiger partial charge is 0.0693 e. The van der Waals surface area contributed by atoms with Crippen LogP contribution < -0.4 is 4.90 Å². The number of hydrogen-bond acceptors (Lipinski definition) is 1. The van der Waals surface area contributed by atoms with Gasteiger partial charge in [-0.1, -0.05) is 101 Å². The van der Waals surface area contributed by atoms with Gasteiger partial charge in [-0.05, 0) is 126 Å². The lowest BCUT2D eigenvalue weighted by molar-refractivity contribution is 0.188. The minimum atomic E-state index is -0.356. The topological polar surface area (TPSA) is 3.24 Å². The van der Waals surface area contributed by atoms with Crippen molar-refractivity contribution in [1.82, 2.24) is 0 Å². The van der Waals surface area contributed by atoms with E-state index < -0.39 is 0 Å². The number of anilines is 1. The van der Waals surface area contributed by atoms with Crippen LogP contribution in [0.5, 0.6) is 0 Å². The Balaban J connectivity index is 1.98. The Kier molecular flexibility index (Phi) is 10.9. The maximum atomic E-state index is 8.58. The molecule has 6 unspecified atom stereocenters. The van der Waals surface area contributed by atoms with Gasteiger partial charge in [-0.3, -0.25) is 0 Å². The van der Waals surface area contributed by atoms with Crippen LogP contribution in [0.25, 0.3) is 0 Å². The van der Waals surface area contributed by atoms with Gasteiger partial charge >= 0.3 is 0 Å². The molecule has 0 aromatic heterocycles. The summed E-state index contributed by atoms with van der Waals surface area (Å²) in [4.78, 5) is 2.31. The third-order valence-electron chi connectivity index (χ3n) is 11.3. The molecular weight excluding hydrogens is 542 g/mol. The molecule has 1 aliphatic carbocycles. The third-order valence-corrected chi connectivity index (χ3v) is 12.0. The lowest BCUT2D eigenvalue weighted by Gasteiger charge is -2.52. The Morgan fingerprint density at radius 1 is 0.860 bits per heavy atom. The molecule has 1 nitrogen and oxygen atoms in total. The summed E-state index contributed by atoms with van der Waals surface area (Å²) in [7, 11) is 0. The fourth-order valence-electron chi connectivity index (χ4n) is 9.53. The minimum absolute atomic E-state index is 0.131. The SMILES string of the molecule is CCCCCCC(Cl)(C1CC(C)CCC(C(C)C)C1)C1N(c2c(C)cc(C)cc2C)C=CC1(C)c1c(C)cc(C)cc1C. The Morgan fingerprint density at radius 3 is 2.00 bits per heavy atom. The molecule has 2 heteroatoms. The average molecular weight is 604 g/mol. The van der Waals surface area contributed by atoms with Gasteiger partial charge in [0.1, 0.15) is 0 Å². The van der Waals surface area contributed by atoms with Crippen molar-refractivity contribution in [3.63, 3.8) is 0 Å². The molecule has 2 aliphatic rings. The molecule has 2 aromatic rings. The molecule has 4 rings (SSSR count). The number of rotatable bonds is 10. The van der Waals surface area contributed by atoms with Crippen LogP contribution in [0.15, 0.2) is 36.5 Å². The second-order valence-electron chi connectivity index (χ2n) is 15.5. The van der Waals surface area contributed by atoms with Gasteiger partial charge in [0.2, 0.25) is 0 Å². The maximum Gasteiger partial charge on any atom is 0.0693 e. The zero-order valence-corrected chi connectivity index (χ0v) is 30.3. The van der Waals surface area contributed by atoms with Crippen molar-refractivity contribution in [2.24, 2.45) is 23.7 Å². The molecule has 0 radical (unpaired) electrons. The highest BCUT2D eigenvalue weighted by Gasteiger charge is 2.57. The van der Waals surface area contributed by atoms with E-state index in [1.54, 1.807) is 0 Å². The number of benzene rings is 2. The van der Waals surface area contributed by atoms with Gasteiger partial charge in [0, 0.05) is 17.3 Å². The van der Waals surface area contributed by atoms with E-state index in [1.165, 1.54) is 96.0 Å². The van der Waals surface area contributed by atoms with E-state index >= 15 is 0 Å². The zero-order chi connectivity index (χ0) is 31.7. The summed E-state index contributed by atoms with van der Waals surface area (Å²) in [6.07, 6.45) is 16.2. The first-order valence-corrected chi connectivity index (χ1v) is 17.9. The largest absolute Gasteiger partial charge is 0.342 e. The summed E-state index contributed by atoms with van der Waals surface area (Å²) in [5.41, 5.74) is 10.8. The predicted molar refractivity (Wildman–Crippen MR) is 191 cm³/mol. The van der Waals surface area contributed by atoms with Crippen LogP contribution in [0, 0.1) is 65.2 Å². The molecule has 0 amide bonds. The number of halogens is 1. The van der Waals surface area contributed by atoms with Crippen molar-refractivity contribution in [1.29, 1.82) is 0 Å². The Morgan fingerprint density at radius 2 is 1.44 bits per heavy atom. The molecule has 6 atom stereocenters. The summed E-state index contributed by atoms with van der Waals surface area (Å²) < 4.78 is 0. The van der Waals surface area contributed by atoms with Crippen molar-refractivity contribution in [3.8, 4) is 0 Å². The van der Waals surface area contributed by atoms with Gasteiger partial charge in [-0.25, -0.2) is 0 Å². The quantitative estimate of drug-likeness (QED) is 0.148. The highest BCUT2D eigenvalue weighted by molar-refractivity contribution is 6.25. The number of unbranched alkanes of at least 4 members (excludes halogenated alkanes) is 3. The van der Waals surface area contributed by atoms with Gasteiger partial charge in [0.25, 0.3) is 0 Å². The van der Waals surface area contributed by atoms with Gasteiger partial charge in [0.15, 0.2) is 0 Å². The second-order valence-corrected chi connectivity index (χ2v) is 16.2. The predicted octanol–water partition coefficient (Wildman–Crippen LogP) is 12.2. The van der Waals surface area contributed by atoms with Crippen molar-refractivity contribution in [2.75, 3.05) is 4.90 Å². The van der Waals surface area contributed by atoms with Crippen molar-refractivity contribution in [2.45, 2.75) is 150 Å². The number of hydrogen-bond donors (Lipinski definition) is 0. The van der Waals surface area contributed by atoms with E-state index in [1.807, 2.05) is 0 Å². The average Bonchev–Trinajstić information content (AvgIpc) is 3.10. The molecule has 0 N–H and O–H groups in total.